The zero-order valence-electron chi connectivity index (χ0n) is 23.0. The molecule has 0 saturated heterocycles. The number of rotatable bonds is 8. The van der Waals surface area contributed by atoms with Gasteiger partial charge in [0.1, 0.15) is 6.61 Å². The van der Waals surface area contributed by atoms with Crippen LogP contribution in [0.5, 0.6) is 28.7 Å². The molecule has 3 aromatic rings. The van der Waals surface area contributed by atoms with Crippen molar-refractivity contribution in [2.24, 2.45) is 0 Å². The van der Waals surface area contributed by atoms with Crippen LogP contribution in [0.15, 0.2) is 59.8 Å². The second-order valence-corrected chi connectivity index (χ2v) is 9.95. The zero-order valence-corrected chi connectivity index (χ0v) is 23.0. The fraction of sp³-hybridized carbons (Fsp3) is 0.300. The molecule has 2 atom stereocenters. The number of nitro groups is 1. The average Bonchev–Trinajstić information content (AvgIpc) is 3.61. The summed E-state index contributed by atoms with van der Waals surface area (Å²) in [6.45, 7) is 2.73. The minimum Gasteiger partial charge on any atom is -0.493 e. The minimum atomic E-state index is -0.510. The number of carbonyl (C=O) groups is 1. The number of anilines is 1. The standard InChI is InChI=1S/C30H28N2O9/c1-16(17-5-7-19(8-6-17)32(34)35)13-31-21-12-24-23(40-15-41-24)11-20(21)27(28-22(31)14-39-30(28)33)18-9-25(36-2)29(38-4)26(10-18)37-3/h5-12,16,27H,13-15H2,1-4H3. The van der Waals surface area contributed by atoms with Gasteiger partial charge in [-0.05, 0) is 40.8 Å². The number of methoxy groups -OCH3 is 3. The number of cyclic esters (lactones) is 1. The maximum atomic E-state index is 13.4. The smallest absolute Gasteiger partial charge is 0.337 e. The van der Waals surface area contributed by atoms with Gasteiger partial charge in [0.2, 0.25) is 12.5 Å². The number of esters is 1. The first-order valence-corrected chi connectivity index (χ1v) is 13.0. The van der Waals surface area contributed by atoms with Crippen LogP contribution in [0.1, 0.15) is 35.4 Å². The number of ether oxygens (including phenoxy) is 6. The number of hydrogen-bond donors (Lipinski definition) is 0. The molecule has 2 unspecified atom stereocenters. The van der Waals surface area contributed by atoms with Gasteiger partial charge in [-0.25, -0.2) is 4.79 Å². The molecule has 0 spiro atoms. The van der Waals surface area contributed by atoms with Crippen LogP contribution in [0, 0.1) is 10.1 Å². The van der Waals surface area contributed by atoms with E-state index in [2.05, 4.69) is 4.90 Å². The van der Waals surface area contributed by atoms with Gasteiger partial charge < -0.3 is 33.3 Å². The van der Waals surface area contributed by atoms with Crippen LogP contribution in [0.4, 0.5) is 11.4 Å². The zero-order chi connectivity index (χ0) is 28.8. The summed E-state index contributed by atoms with van der Waals surface area (Å²) in [5.41, 5.74) is 4.65. The summed E-state index contributed by atoms with van der Waals surface area (Å²) < 4.78 is 33.9. The highest BCUT2D eigenvalue weighted by Gasteiger charge is 2.43. The molecule has 3 aliphatic rings. The van der Waals surface area contributed by atoms with Crippen molar-refractivity contribution in [1.29, 1.82) is 0 Å². The third-order valence-electron chi connectivity index (χ3n) is 7.76. The van der Waals surface area contributed by atoms with Gasteiger partial charge in [0.25, 0.3) is 5.69 Å². The number of nitrogens with zero attached hydrogens (tertiary/aromatic N) is 2. The number of benzene rings is 3. The Kier molecular flexibility index (Phi) is 6.56. The first-order chi connectivity index (χ1) is 19.8. The van der Waals surface area contributed by atoms with Gasteiger partial charge in [0.15, 0.2) is 23.0 Å². The van der Waals surface area contributed by atoms with Crippen LogP contribution >= 0.6 is 0 Å². The molecular weight excluding hydrogens is 532 g/mol. The average molecular weight is 561 g/mol. The van der Waals surface area contributed by atoms with Crippen molar-refractivity contribution in [2.45, 2.75) is 18.8 Å². The molecule has 0 aliphatic carbocycles. The maximum Gasteiger partial charge on any atom is 0.337 e. The van der Waals surface area contributed by atoms with Crippen molar-refractivity contribution < 1.29 is 38.1 Å². The van der Waals surface area contributed by atoms with Crippen molar-refractivity contribution in [1.82, 2.24) is 0 Å². The lowest BCUT2D eigenvalue weighted by atomic mass is 9.79. The van der Waals surface area contributed by atoms with Gasteiger partial charge in [-0.1, -0.05) is 19.1 Å². The van der Waals surface area contributed by atoms with E-state index in [1.54, 1.807) is 26.4 Å². The van der Waals surface area contributed by atoms with E-state index in [0.29, 0.717) is 40.9 Å². The molecular formula is C30H28N2O9. The van der Waals surface area contributed by atoms with Crippen LogP contribution in [0.25, 0.3) is 0 Å². The van der Waals surface area contributed by atoms with E-state index in [-0.39, 0.29) is 25.0 Å². The third kappa shape index (κ3) is 4.33. The second-order valence-electron chi connectivity index (χ2n) is 9.95. The van der Waals surface area contributed by atoms with Gasteiger partial charge in [-0.15, -0.1) is 0 Å². The van der Waals surface area contributed by atoms with Crippen molar-refractivity contribution in [3.8, 4) is 28.7 Å². The minimum absolute atomic E-state index is 0.0324. The van der Waals surface area contributed by atoms with E-state index in [4.69, 9.17) is 28.4 Å². The van der Waals surface area contributed by atoms with Crippen molar-refractivity contribution in [3.63, 3.8) is 0 Å². The molecule has 0 N–H and O–H groups in total. The molecule has 0 saturated carbocycles. The van der Waals surface area contributed by atoms with Crippen LogP contribution in [0.3, 0.4) is 0 Å². The molecule has 0 fully saturated rings. The highest BCUT2D eigenvalue weighted by atomic mass is 16.7. The Labute approximate surface area is 235 Å². The van der Waals surface area contributed by atoms with Crippen molar-refractivity contribution >= 4 is 17.3 Å². The molecule has 0 amide bonds. The molecule has 0 radical (unpaired) electrons. The number of fused-ring (bicyclic) bond motifs is 2. The van der Waals surface area contributed by atoms with E-state index in [9.17, 15) is 14.9 Å². The van der Waals surface area contributed by atoms with Gasteiger partial charge in [0, 0.05) is 36.3 Å². The third-order valence-corrected chi connectivity index (χ3v) is 7.76. The van der Waals surface area contributed by atoms with Gasteiger partial charge >= 0.3 is 5.97 Å². The normalized spacial score (nSPS) is 17.5. The second kappa shape index (κ2) is 10.2. The summed E-state index contributed by atoms with van der Waals surface area (Å²) in [7, 11) is 4.63. The number of hydrogen-bond acceptors (Lipinski definition) is 10. The Morgan fingerprint density at radius 2 is 1.63 bits per heavy atom. The lowest BCUT2D eigenvalue weighted by molar-refractivity contribution is -0.384. The summed E-state index contributed by atoms with van der Waals surface area (Å²) in [5.74, 6) is 1.60. The molecule has 3 aromatic carbocycles. The Balaban J connectivity index is 1.50. The van der Waals surface area contributed by atoms with E-state index in [0.717, 1.165) is 28.1 Å². The predicted octanol–water partition coefficient (Wildman–Crippen LogP) is 4.92. The van der Waals surface area contributed by atoms with E-state index in [1.165, 1.54) is 19.2 Å². The highest BCUT2D eigenvalue weighted by molar-refractivity contribution is 5.98. The first kappa shape index (κ1) is 26.3. The summed E-state index contributed by atoms with van der Waals surface area (Å²) >= 11 is 0. The topological polar surface area (TPSA) is 119 Å². The van der Waals surface area contributed by atoms with Gasteiger partial charge in [-0.3, -0.25) is 10.1 Å². The Morgan fingerprint density at radius 3 is 2.24 bits per heavy atom. The van der Waals surface area contributed by atoms with Crippen LogP contribution in [-0.4, -0.2) is 52.2 Å². The number of nitro benzene ring substituents is 1. The van der Waals surface area contributed by atoms with Crippen LogP contribution < -0.4 is 28.6 Å². The van der Waals surface area contributed by atoms with Crippen LogP contribution in [0.2, 0.25) is 0 Å². The summed E-state index contributed by atoms with van der Waals surface area (Å²) in [6.07, 6.45) is 0. The summed E-state index contributed by atoms with van der Waals surface area (Å²) in [6, 6.07) is 14.0. The SMILES string of the molecule is COc1cc(C2C3=C(COC3=O)N(CC(C)c3ccc([N+](=O)[O-])cc3)c3cc4c(cc32)OCO4)cc(OC)c1OC. The highest BCUT2D eigenvalue weighted by Crippen LogP contribution is 2.53. The number of non-ortho nitro benzene ring substituents is 1. The lowest BCUT2D eigenvalue weighted by Gasteiger charge is -2.37. The maximum absolute atomic E-state index is 13.4. The fourth-order valence-electron chi connectivity index (χ4n) is 5.75. The molecule has 3 heterocycles. The molecule has 0 aromatic heterocycles. The molecule has 3 aliphatic heterocycles. The van der Waals surface area contributed by atoms with Gasteiger partial charge in [0.05, 0.1) is 37.5 Å². The first-order valence-electron chi connectivity index (χ1n) is 13.0. The number of carbonyl (C=O) groups excluding carboxylic acids is 1. The molecule has 6 rings (SSSR count). The van der Waals surface area contributed by atoms with Crippen LogP contribution in [-0.2, 0) is 9.53 Å². The van der Waals surface area contributed by atoms with Crippen molar-refractivity contribution in [2.75, 3.05) is 46.2 Å². The Morgan fingerprint density at radius 1 is 0.976 bits per heavy atom. The van der Waals surface area contributed by atoms with E-state index in [1.807, 2.05) is 31.2 Å². The molecule has 41 heavy (non-hydrogen) atoms. The Hall–Kier alpha value is -4.93. The molecule has 212 valence electrons. The van der Waals surface area contributed by atoms with Crippen molar-refractivity contribution in [3.05, 3.63) is 86.6 Å². The van der Waals surface area contributed by atoms with E-state index >= 15 is 0 Å². The largest absolute Gasteiger partial charge is 0.493 e. The molecule has 11 heteroatoms. The summed E-state index contributed by atoms with van der Waals surface area (Å²) in [4.78, 5) is 26.2. The van der Waals surface area contributed by atoms with E-state index < -0.39 is 16.8 Å². The summed E-state index contributed by atoms with van der Waals surface area (Å²) in [5, 5.41) is 11.1. The molecule has 0 bridgehead atoms. The molecule has 11 nitrogen and oxygen atoms in total. The Bertz CT molecular complexity index is 1560. The monoisotopic (exact) mass is 560 g/mol. The quantitative estimate of drug-likeness (QED) is 0.213. The predicted molar refractivity (Wildman–Crippen MR) is 147 cm³/mol. The fourth-order valence-corrected chi connectivity index (χ4v) is 5.75. The lowest BCUT2D eigenvalue weighted by Crippen LogP contribution is -2.34. The van der Waals surface area contributed by atoms with Gasteiger partial charge in [-0.2, -0.15) is 0 Å².